The molecule has 2 aliphatic rings. The fourth-order valence-corrected chi connectivity index (χ4v) is 3.59. The van der Waals surface area contributed by atoms with E-state index in [2.05, 4.69) is 5.16 Å². The van der Waals surface area contributed by atoms with Gasteiger partial charge in [-0.25, -0.2) is 0 Å². The van der Waals surface area contributed by atoms with Crippen LogP contribution in [0.1, 0.15) is 63.3 Å². The van der Waals surface area contributed by atoms with Gasteiger partial charge in [0.25, 0.3) is 0 Å². The highest BCUT2D eigenvalue weighted by atomic mass is 16.5. The molecule has 3 rings (SSSR count). The van der Waals surface area contributed by atoms with E-state index < -0.39 is 12.1 Å². The second-order valence-electron chi connectivity index (χ2n) is 6.82. The van der Waals surface area contributed by atoms with Crippen LogP contribution in [-0.4, -0.2) is 45.9 Å². The first-order valence-corrected chi connectivity index (χ1v) is 8.51. The molecule has 2 heterocycles. The lowest BCUT2D eigenvalue weighted by Crippen LogP contribution is -2.61. The number of nitrogens with zero attached hydrogens (tertiary/aromatic N) is 3. The molecular formula is C17H25N3O3. The molecule has 2 fully saturated rings. The molecule has 0 N–H and O–H groups in total. The number of hydrogen-bond acceptors (Lipinski definition) is 4. The predicted molar refractivity (Wildman–Crippen MR) is 84.6 cm³/mol. The lowest BCUT2D eigenvalue weighted by molar-refractivity contribution is -0.159. The maximum Gasteiger partial charge on any atom is 0.246 e. The van der Waals surface area contributed by atoms with Crippen molar-refractivity contribution in [1.29, 1.82) is 0 Å². The summed E-state index contributed by atoms with van der Waals surface area (Å²) in [4.78, 5) is 27.8. The molecule has 1 saturated carbocycles. The average molecular weight is 319 g/mol. The molecule has 1 saturated heterocycles. The summed E-state index contributed by atoms with van der Waals surface area (Å²) in [7, 11) is 1.67. The fourth-order valence-electron chi connectivity index (χ4n) is 3.59. The van der Waals surface area contributed by atoms with Gasteiger partial charge in [0.2, 0.25) is 11.8 Å². The van der Waals surface area contributed by atoms with Crippen molar-refractivity contribution in [2.75, 3.05) is 7.05 Å². The quantitative estimate of drug-likeness (QED) is 0.857. The molecule has 23 heavy (non-hydrogen) atoms. The van der Waals surface area contributed by atoms with Gasteiger partial charge in [-0.2, -0.15) is 0 Å². The Morgan fingerprint density at radius 2 is 1.83 bits per heavy atom. The number of piperazine rings is 1. The Balaban J connectivity index is 1.72. The third kappa shape index (κ3) is 2.99. The summed E-state index contributed by atoms with van der Waals surface area (Å²) in [6.07, 6.45) is 6.10. The molecule has 0 radical (unpaired) electrons. The molecule has 6 nitrogen and oxygen atoms in total. The third-order valence-electron chi connectivity index (χ3n) is 5.32. The second kappa shape index (κ2) is 6.34. The van der Waals surface area contributed by atoms with E-state index in [1.54, 1.807) is 25.8 Å². The van der Waals surface area contributed by atoms with E-state index in [1.165, 1.54) is 24.2 Å². The summed E-state index contributed by atoms with van der Waals surface area (Å²) in [5, 5.41) is 4.20. The number of likely N-dealkylation sites (N-methyl/N-ethyl adjacent to an activating group) is 1. The van der Waals surface area contributed by atoms with Crippen LogP contribution >= 0.6 is 0 Å². The second-order valence-corrected chi connectivity index (χ2v) is 6.82. The van der Waals surface area contributed by atoms with Crippen molar-refractivity contribution in [3.05, 3.63) is 17.5 Å². The molecule has 1 aromatic rings. The molecule has 1 aliphatic carbocycles. The minimum atomic E-state index is -0.466. The summed E-state index contributed by atoms with van der Waals surface area (Å²) in [5.74, 6) is 1.05. The van der Waals surface area contributed by atoms with E-state index >= 15 is 0 Å². The van der Waals surface area contributed by atoms with Crippen molar-refractivity contribution in [2.24, 2.45) is 0 Å². The maximum absolute atomic E-state index is 12.5. The van der Waals surface area contributed by atoms with Gasteiger partial charge >= 0.3 is 0 Å². The molecule has 6 heteroatoms. The number of hydrogen-bond donors (Lipinski definition) is 0. The van der Waals surface area contributed by atoms with Crippen LogP contribution in [0.2, 0.25) is 0 Å². The Labute approximate surface area is 136 Å². The standard InChI is InChI=1S/C17H25N3O3/c1-11-17(22)20(12(2)16(21)19(11)3)10-14-9-15(18-23-14)13-7-5-4-6-8-13/h9,11-13H,4-8,10H2,1-3H3/t11-,12-/m0/s1. The van der Waals surface area contributed by atoms with Gasteiger partial charge in [0, 0.05) is 19.0 Å². The third-order valence-corrected chi connectivity index (χ3v) is 5.32. The van der Waals surface area contributed by atoms with E-state index in [0.717, 1.165) is 18.5 Å². The zero-order valence-electron chi connectivity index (χ0n) is 14.1. The van der Waals surface area contributed by atoms with Gasteiger partial charge in [0.1, 0.15) is 12.1 Å². The smallest absolute Gasteiger partial charge is 0.246 e. The molecule has 1 aliphatic heterocycles. The van der Waals surface area contributed by atoms with Crippen LogP contribution in [0.5, 0.6) is 0 Å². The number of amides is 2. The first-order chi connectivity index (χ1) is 11.0. The maximum atomic E-state index is 12.5. The monoisotopic (exact) mass is 319 g/mol. The Hall–Kier alpha value is -1.85. The first kappa shape index (κ1) is 16.0. The molecule has 1 aromatic heterocycles. The van der Waals surface area contributed by atoms with Crippen molar-refractivity contribution in [2.45, 2.75) is 70.5 Å². The number of aromatic nitrogens is 1. The highest BCUT2D eigenvalue weighted by Crippen LogP contribution is 2.32. The van der Waals surface area contributed by atoms with Crippen LogP contribution < -0.4 is 0 Å². The van der Waals surface area contributed by atoms with Crippen molar-refractivity contribution in [1.82, 2.24) is 15.0 Å². The van der Waals surface area contributed by atoms with Crippen molar-refractivity contribution >= 4 is 11.8 Å². The van der Waals surface area contributed by atoms with Crippen molar-refractivity contribution < 1.29 is 14.1 Å². The van der Waals surface area contributed by atoms with Crippen LogP contribution in [0.4, 0.5) is 0 Å². The van der Waals surface area contributed by atoms with Gasteiger partial charge in [0.15, 0.2) is 5.76 Å². The van der Waals surface area contributed by atoms with Crippen LogP contribution in [-0.2, 0) is 16.1 Å². The lowest BCUT2D eigenvalue weighted by Gasteiger charge is -2.40. The number of carbonyl (C=O) groups excluding carboxylic acids is 2. The van der Waals surface area contributed by atoms with Gasteiger partial charge in [-0.05, 0) is 26.7 Å². The predicted octanol–water partition coefficient (Wildman–Crippen LogP) is 2.30. The van der Waals surface area contributed by atoms with Crippen LogP contribution in [0.15, 0.2) is 10.6 Å². The molecule has 0 unspecified atom stereocenters. The van der Waals surface area contributed by atoms with Gasteiger partial charge in [0.05, 0.1) is 12.2 Å². The number of rotatable bonds is 3. The molecule has 126 valence electrons. The molecule has 0 bridgehead atoms. The molecule has 0 aromatic carbocycles. The molecule has 0 spiro atoms. The van der Waals surface area contributed by atoms with Gasteiger partial charge in [-0.3, -0.25) is 9.59 Å². The van der Waals surface area contributed by atoms with Crippen molar-refractivity contribution in [3.63, 3.8) is 0 Å². The molecular weight excluding hydrogens is 294 g/mol. The van der Waals surface area contributed by atoms with E-state index in [9.17, 15) is 9.59 Å². The molecule has 2 atom stereocenters. The summed E-state index contributed by atoms with van der Waals surface area (Å²) in [6.45, 7) is 3.83. The SMILES string of the molecule is C[C@H]1C(=O)N(Cc2cc(C3CCCCC3)no2)[C@@H](C)C(=O)N1C. The van der Waals surface area contributed by atoms with E-state index in [-0.39, 0.29) is 11.8 Å². The minimum absolute atomic E-state index is 0.0379. The summed E-state index contributed by atoms with van der Waals surface area (Å²) in [5.41, 5.74) is 0.994. The Morgan fingerprint density at radius 1 is 1.13 bits per heavy atom. The zero-order chi connectivity index (χ0) is 16.6. The van der Waals surface area contributed by atoms with Crippen molar-refractivity contribution in [3.8, 4) is 0 Å². The number of carbonyl (C=O) groups is 2. The fraction of sp³-hybridized carbons (Fsp3) is 0.706. The summed E-state index contributed by atoms with van der Waals surface area (Å²) < 4.78 is 5.45. The average Bonchev–Trinajstić information content (AvgIpc) is 3.05. The van der Waals surface area contributed by atoms with Crippen LogP contribution in [0, 0.1) is 0 Å². The normalized spacial score (nSPS) is 26.9. The Kier molecular flexibility index (Phi) is 4.41. The zero-order valence-corrected chi connectivity index (χ0v) is 14.1. The highest BCUT2D eigenvalue weighted by Gasteiger charge is 2.40. The van der Waals surface area contributed by atoms with E-state index in [4.69, 9.17) is 4.52 Å². The molecule has 2 amide bonds. The lowest BCUT2D eigenvalue weighted by atomic mass is 9.87. The van der Waals surface area contributed by atoms with Gasteiger partial charge < -0.3 is 14.3 Å². The van der Waals surface area contributed by atoms with Crippen LogP contribution in [0.25, 0.3) is 0 Å². The first-order valence-electron chi connectivity index (χ1n) is 8.51. The van der Waals surface area contributed by atoms with Crippen LogP contribution in [0.3, 0.4) is 0 Å². The Morgan fingerprint density at radius 3 is 2.52 bits per heavy atom. The van der Waals surface area contributed by atoms with Gasteiger partial charge in [-0.15, -0.1) is 0 Å². The summed E-state index contributed by atoms with van der Waals surface area (Å²) >= 11 is 0. The van der Waals surface area contributed by atoms with Gasteiger partial charge in [-0.1, -0.05) is 24.4 Å². The van der Waals surface area contributed by atoms with E-state index in [0.29, 0.717) is 18.2 Å². The summed E-state index contributed by atoms with van der Waals surface area (Å²) in [6, 6.07) is 1.06. The largest absolute Gasteiger partial charge is 0.359 e. The highest BCUT2D eigenvalue weighted by molar-refractivity contribution is 5.96. The van der Waals surface area contributed by atoms with E-state index in [1.807, 2.05) is 6.07 Å². The Bertz CT molecular complexity index is 592. The topological polar surface area (TPSA) is 66.7 Å². The minimum Gasteiger partial charge on any atom is -0.359 e.